The standard InChI is InChI=1S/C7H10F4/c1-2-3-6(8,9)5-4-7(5,10)11/h5H,2-4H2,1H3. The van der Waals surface area contributed by atoms with Gasteiger partial charge < -0.3 is 0 Å². The van der Waals surface area contributed by atoms with Crippen molar-refractivity contribution in [1.82, 2.24) is 0 Å². The average molecular weight is 170 g/mol. The molecular formula is C7H10F4. The molecule has 1 aliphatic carbocycles. The average Bonchev–Trinajstić information content (AvgIpc) is 2.41. The topological polar surface area (TPSA) is 0 Å². The molecule has 0 spiro atoms. The number of rotatable bonds is 3. The van der Waals surface area contributed by atoms with Crippen LogP contribution in [0.4, 0.5) is 17.6 Å². The Hall–Kier alpha value is -0.280. The van der Waals surface area contributed by atoms with Crippen LogP contribution in [0.3, 0.4) is 0 Å². The first kappa shape index (κ1) is 8.81. The molecule has 1 aliphatic rings. The van der Waals surface area contributed by atoms with Crippen LogP contribution in [0.2, 0.25) is 0 Å². The fourth-order valence-corrected chi connectivity index (χ4v) is 1.18. The third-order valence-electron chi connectivity index (χ3n) is 1.92. The minimum atomic E-state index is -3.15. The van der Waals surface area contributed by atoms with E-state index >= 15 is 0 Å². The van der Waals surface area contributed by atoms with Crippen LogP contribution in [0.15, 0.2) is 0 Å². The molecule has 66 valence electrons. The molecule has 0 aromatic carbocycles. The van der Waals surface area contributed by atoms with E-state index < -0.39 is 30.6 Å². The van der Waals surface area contributed by atoms with E-state index in [0.29, 0.717) is 0 Å². The summed E-state index contributed by atoms with van der Waals surface area (Å²) in [7, 11) is 0. The first-order chi connectivity index (χ1) is 4.90. The van der Waals surface area contributed by atoms with Gasteiger partial charge in [0.05, 0.1) is 5.92 Å². The normalized spacial score (nSPS) is 28.6. The zero-order valence-electron chi connectivity index (χ0n) is 6.21. The number of hydrogen-bond acceptors (Lipinski definition) is 0. The molecule has 1 unspecified atom stereocenters. The Morgan fingerprint density at radius 2 is 1.91 bits per heavy atom. The Balaban J connectivity index is 2.48. The van der Waals surface area contributed by atoms with E-state index in [1.165, 1.54) is 0 Å². The Morgan fingerprint density at radius 1 is 1.45 bits per heavy atom. The summed E-state index contributed by atoms with van der Waals surface area (Å²) in [5.74, 6) is -7.94. The van der Waals surface area contributed by atoms with Crippen LogP contribution in [-0.4, -0.2) is 11.8 Å². The molecule has 1 saturated carbocycles. The van der Waals surface area contributed by atoms with Crippen molar-refractivity contribution in [2.45, 2.75) is 38.0 Å². The van der Waals surface area contributed by atoms with Crippen molar-refractivity contribution in [1.29, 1.82) is 0 Å². The molecule has 0 heterocycles. The molecule has 1 fully saturated rings. The summed E-state index contributed by atoms with van der Waals surface area (Å²) in [5.41, 5.74) is 0. The van der Waals surface area contributed by atoms with Gasteiger partial charge in [-0.3, -0.25) is 0 Å². The molecule has 0 saturated heterocycles. The molecule has 0 radical (unpaired) electrons. The maximum Gasteiger partial charge on any atom is 0.257 e. The maximum absolute atomic E-state index is 12.6. The minimum absolute atomic E-state index is 0.250. The van der Waals surface area contributed by atoms with E-state index in [2.05, 4.69) is 0 Å². The van der Waals surface area contributed by atoms with Gasteiger partial charge >= 0.3 is 0 Å². The highest BCUT2D eigenvalue weighted by Gasteiger charge is 2.68. The van der Waals surface area contributed by atoms with Gasteiger partial charge in [0.2, 0.25) is 0 Å². The highest BCUT2D eigenvalue weighted by molar-refractivity contribution is 5.02. The summed E-state index contributed by atoms with van der Waals surface area (Å²) in [5, 5.41) is 0. The Kier molecular flexibility index (Phi) is 1.89. The highest BCUT2D eigenvalue weighted by atomic mass is 19.3. The van der Waals surface area contributed by atoms with E-state index in [4.69, 9.17) is 0 Å². The summed E-state index contributed by atoms with van der Waals surface area (Å²) in [6, 6.07) is 0. The van der Waals surface area contributed by atoms with Gasteiger partial charge in [0.1, 0.15) is 0 Å². The molecule has 1 atom stereocenters. The summed E-state index contributed by atoms with van der Waals surface area (Å²) in [6.07, 6.45) is -0.813. The van der Waals surface area contributed by atoms with E-state index in [-0.39, 0.29) is 6.42 Å². The zero-order chi connectivity index (χ0) is 8.70. The molecule has 0 amide bonds. The van der Waals surface area contributed by atoms with Crippen LogP contribution in [0.5, 0.6) is 0 Å². The van der Waals surface area contributed by atoms with Crippen molar-refractivity contribution in [3.05, 3.63) is 0 Å². The van der Waals surface area contributed by atoms with Crippen molar-refractivity contribution in [3.8, 4) is 0 Å². The van der Waals surface area contributed by atoms with Gasteiger partial charge in [0, 0.05) is 12.8 Å². The number of alkyl halides is 4. The summed E-state index contributed by atoms with van der Waals surface area (Å²) < 4.78 is 49.5. The Labute approximate surface area is 62.6 Å². The summed E-state index contributed by atoms with van der Waals surface area (Å²) >= 11 is 0. The zero-order valence-corrected chi connectivity index (χ0v) is 6.21. The van der Waals surface area contributed by atoms with Gasteiger partial charge in [0.15, 0.2) is 0 Å². The highest BCUT2D eigenvalue weighted by Crippen LogP contribution is 2.57. The smallest absolute Gasteiger partial charge is 0.206 e. The van der Waals surface area contributed by atoms with Gasteiger partial charge in [-0.1, -0.05) is 13.3 Å². The lowest BCUT2D eigenvalue weighted by atomic mass is 10.1. The van der Waals surface area contributed by atoms with Gasteiger partial charge in [-0.2, -0.15) is 0 Å². The van der Waals surface area contributed by atoms with Gasteiger partial charge in [-0.15, -0.1) is 0 Å². The quantitative estimate of drug-likeness (QED) is 0.571. The van der Waals surface area contributed by atoms with E-state index in [9.17, 15) is 17.6 Å². The SMILES string of the molecule is CCCC(F)(F)C1CC1(F)F. The Morgan fingerprint density at radius 3 is 2.18 bits per heavy atom. The first-order valence-corrected chi connectivity index (χ1v) is 3.66. The third-order valence-corrected chi connectivity index (χ3v) is 1.92. The second-order valence-electron chi connectivity index (χ2n) is 3.03. The summed E-state index contributed by atoms with van der Waals surface area (Å²) in [6.45, 7) is 1.56. The van der Waals surface area contributed by atoms with Gasteiger partial charge in [-0.05, 0) is 0 Å². The van der Waals surface area contributed by atoms with Crippen LogP contribution < -0.4 is 0 Å². The van der Waals surface area contributed by atoms with Crippen LogP contribution >= 0.6 is 0 Å². The van der Waals surface area contributed by atoms with Crippen molar-refractivity contribution in [3.63, 3.8) is 0 Å². The van der Waals surface area contributed by atoms with Crippen molar-refractivity contribution in [2.75, 3.05) is 0 Å². The largest absolute Gasteiger partial charge is 0.257 e. The van der Waals surface area contributed by atoms with E-state index in [0.717, 1.165) is 0 Å². The fraction of sp³-hybridized carbons (Fsp3) is 1.00. The molecule has 0 aliphatic heterocycles. The molecular weight excluding hydrogens is 160 g/mol. The number of halogens is 4. The third kappa shape index (κ3) is 1.65. The van der Waals surface area contributed by atoms with Crippen molar-refractivity contribution in [2.24, 2.45) is 5.92 Å². The molecule has 0 aromatic heterocycles. The fourth-order valence-electron chi connectivity index (χ4n) is 1.18. The molecule has 4 heteroatoms. The molecule has 0 N–H and O–H groups in total. The predicted octanol–water partition coefficient (Wildman–Crippen LogP) is 3.08. The minimum Gasteiger partial charge on any atom is -0.206 e. The summed E-state index contributed by atoms with van der Waals surface area (Å²) in [4.78, 5) is 0. The predicted molar refractivity (Wildman–Crippen MR) is 32.9 cm³/mol. The van der Waals surface area contributed by atoms with E-state index in [1.807, 2.05) is 0 Å². The second-order valence-corrected chi connectivity index (χ2v) is 3.03. The van der Waals surface area contributed by atoms with Crippen LogP contribution in [0, 0.1) is 5.92 Å². The Bertz CT molecular complexity index is 153. The monoisotopic (exact) mass is 170 g/mol. The van der Waals surface area contributed by atoms with Crippen molar-refractivity contribution < 1.29 is 17.6 Å². The molecule has 1 rings (SSSR count). The van der Waals surface area contributed by atoms with Crippen LogP contribution in [0.25, 0.3) is 0 Å². The lowest BCUT2D eigenvalue weighted by Gasteiger charge is -2.13. The molecule has 11 heavy (non-hydrogen) atoms. The molecule has 0 bridgehead atoms. The lowest BCUT2D eigenvalue weighted by Crippen LogP contribution is -2.22. The molecule has 0 aromatic rings. The number of hydrogen-bond donors (Lipinski definition) is 0. The first-order valence-electron chi connectivity index (χ1n) is 3.66. The van der Waals surface area contributed by atoms with Gasteiger partial charge in [0.25, 0.3) is 11.8 Å². The van der Waals surface area contributed by atoms with Crippen LogP contribution in [-0.2, 0) is 0 Å². The van der Waals surface area contributed by atoms with Gasteiger partial charge in [-0.25, -0.2) is 17.6 Å². The second kappa shape index (κ2) is 2.35. The maximum atomic E-state index is 12.6. The van der Waals surface area contributed by atoms with Crippen LogP contribution in [0.1, 0.15) is 26.2 Å². The van der Waals surface area contributed by atoms with Crippen molar-refractivity contribution >= 4 is 0 Å². The lowest BCUT2D eigenvalue weighted by molar-refractivity contribution is -0.0675. The van der Waals surface area contributed by atoms with E-state index in [1.54, 1.807) is 6.92 Å². The molecule has 0 nitrogen and oxygen atoms in total.